The number of carboxylic acid groups (broad SMARTS) is 1. The highest BCUT2D eigenvalue weighted by Gasteiger charge is 2.49. The van der Waals surface area contributed by atoms with Gasteiger partial charge in [-0.05, 0) is 55.9 Å². The second kappa shape index (κ2) is 6.23. The quantitative estimate of drug-likeness (QED) is 0.916. The van der Waals surface area contributed by atoms with Crippen LogP contribution < -0.4 is 0 Å². The number of aliphatic carboxylic acids is 1. The van der Waals surface area contributed by atoms with E-state index in [4.69, 9.17) is 0 Å². The Morgan fingerprint density at radius 3 is 2.65 bits per heavy atom. The Bertz CT molecular complexity index is 861. The molecule has 1 amide bonds. The molecule has 1 aromatic heterocycles. The molecule has 1 saturated heterocycles. The zero-order valence-electron chi connectivity index (χ0n) is 14.4. The number of fused-ring (bicyclic) bond motifs is 1. The van der Waals surface area contributed by atoms with Gasteiger partial charge in [0.05, 0.1) is 23.1 Å². The first-order chi connectivity index (χ1) is 12.5. The van der Waals surface area contributed by atoms with E-state index in [-0.39, 0.29) is 23.6 Å². The van der Waals surface area contributed by atoms with Gasteiger partial charge in [-0.1, -0.05) is 6.42 Å². The minimum Gasteiger partial charge on any atom is -0.480 e. The number of hydrogen-bond acceptors (Lipinski definition) is 3. The minimum absolute atomic E-state index is 0.0453. The number of amides is 1. The van der Waals surface area contributed by atoms with E-state index in [0.717, 1.165) is 19.3 Å². The first kappa shape index (κ1) is 16.8. The smallest absolute Gasteiger partial charge is 0.326 e. The molecule has 1 N–H and O–H groups in total. The van der Waals surface area contributed by atoms with Gasteiger partial charge < -0.3 is 10.0 Å². The maximum Gasteiger partial charge on any atom is 0.326 e. The summed E-state index contributed by atoms with van der Waals surface area (Å²) >= 11 is 0. The van der Waals surface area contributed by atoms with Crippen LogP contribution in [0.4, 0.5) is 4.39 Å². The number of benzene rings is 1. The van der Waals surface area contributed by atoms with Crippen LogP contribution in [0, 0.1) is 24.6 Å². The van der Waals surface area contributed by atoms with Crippen molar-refractivity contribution in [3.8, 4) is 5.69 Å². The predicted octanol–water partition coefficient (Wildman–Crippen LogP) is 2.65. The van der Waals surface area contributed by atoms with E-state index < -0.39 is 12.0 Å². The third-order valence-corrected chi connectivity index (χ3v) is 5.72. The summed E-state index contributed by atoms with van der Waals surface area (Å²) in [4.78, 5) is 26.3. The van der Waals surface area contributed by atoms with Gasteiger partial charge in [0.15, 0.2) is 0 Å². The maximum absolute atomic E-state index is 13.1. The Morgan fingerprint density at radius 1 is 1.23 bits per heavy atom. The van der Waals surface area contributed by atoms with Crippen LogP contribution in [0.1, 0.15) is 35.3 Å². The van der Waals surface area contributed by atoms with Gasteiger partial charge in [0.1, 0.15) is 11.9 Å². The Morgan fingerprint density at radius 2 is 1.96 bits per heavy atom. The fourth-order valence-electron chi connectivity index (χ4n) is 4.45. The Hall–Kier alpha value is -2.70. The number of halogens is 1. The number of nitrogens with zero attached hydrogens (tertiary/aromatic N) is 3. The average Bonchev–Trinajstić information content (AvgIpc) is 3.28. The predicted molar refractivity (Wildman–Crippen MR) is 91.6 cm³/mol. The molecule has 136 valence electrons. The molecule has 2 fully saturated rings. The van der Waals surface area contributed by atoms with Crippen LogP contribution in [0.25, 0.3) is 5.69 Å². The fraction of sp³-hybridized carbons (Fsp3) is 0.421. The molecule has 1 saturated carbocycles. The molecule has 2 aliphatic rings. The van der Waals surface area contributed by atoms with Gasteiger partial charge >= 0.3 is 5.97 Å². The Balaban J connectivity index is 1.64. The largest absolute Gasteiger partial charge is 0.480 e. The van der Waals surface area contributed by atoms with Crippen molar-refractivity contribution in [1.29, 1.82) is 0 Å². The second-order valence-corrected chi connectivity index (χ2v) is 7.13. The van der Waals surface area contributed by atoms with E-state index in [9.17, 15) is 19.1 Å². The molecule has 3 atom stereocenters. The van der Waals surface area contributed by atoms with Crippen molar-refractivity contribution in [1.82, 2.24) is 14.7 Å². The molecule has 2 heterocycles. The molecule has 0 spiro atoms. The first-order valence-corrected chi connectivity index (χ1v) is 8.81. The Labute approximate surface area is 150 Å². The van der Waals surface area contributed by atoms with Crippen molar-refractivity contribution in [2.24, 2.45) is 11.8 Å². The summed E-state index contributed by atoms with van der Waals surface area (Å²) in [6.07, 6.45) is 4.34. The molecule has 3 unspecified atom stereocenters. The van der Waals surface area contributed by atoms with Crippen LogP contribution in [0.15, 0.2) is 30.5 Å². The number of carboxylic acids is 1. The van der Waals surface area contributed by atoms with Gasteiger partial charge in [0.25, 0.3) is 5.91 Å². The van der Waals surface area contributed by atoms with E-state index >= 15 is 0 Å². The molecule has 6 nitrogen and oxygen atoms in total. The van der Waals surface area contributed by atoms with E-state index in [2.05, 4.69) is 5.10 Å². The summed E-state index contributed by atoms with van der Waals surface area (Å²) in [6, 6.07) is 5.08. The monoisotopic (exact) mass is 357 g/mol. The first-order valence-electron chi connectivity index (χ1n) is 8.81. The molecule has 7 heteroatoms. The molecule has 2 aromatic rings. The molecule has 1 aliphatic heterocycles. The molecule has 0 bridgehead atoms. The highest BCUT2D eigenvalue weighted by atomic mass is 19.1. The number of hydrogen-bond donors (Lipinski definition) is 1. The van der Waals surface area contributed by atoms with Gasteiger partial charge in [-0.2, -0.15) is 5.10 Å². The second-order valence-electron chi connectivity index (χ2n) is 7.13. The summed E-state index contributed by atoms with van der Waals surface area (Å²) in [7, 11) is 0. The van der Waals surface area contributed by atoms with Crippen LogP contribution in [-0.4, -0.2) is 44.3 Å². The van der Waals surface area contributed by atoms with E-state index in [1.807, 2.05) is 0 Å². The number of aromatic nitrogens is 2. The van der Waals surface area contributed by atoms with Gasteiger partial charge in [-0.3, -0.25) is 4.79 Å². The average molecular weight is 357 g/mol. The van der Waals surface area contributed by atoms with Crippen LogP contribution in [0.5, 0.6) is 0 Å². The van der Waals surface area contributed by atoms with Crippen molar-refractivity contribution >= 4 is 11.9 Å². The van der Waals surface area contributed by atoms with Crippen LogP contribution in [-0.2, 0) is 4.79 Å². The number of likely N-dealkylation sites (tertiary alicyclic amines) is 1. The van der Waals surface area contributed by atoms with Gasteiger partial charge in [-0.25, -0.2) is 13.9 Å². The zero-order chi connectivity index (χ0) is 18.4. The summed E-state index contributed by atoms with van der Waals surface area (Å²) in [5.41, 5.74) is 1.65. The lowest BCUT2D eigenvalue weighted by Gasteiger charge is -2.24. The van der Waals surface area contributed by atoms with Crippen molar-refractivity contribution in [2.45, 2.75) is 32.2 Å². The molecule has 26 heavy (non-hydrogen) atoms. The number of carbonyl (C=O) groups excluding carboxylic acids is 1. The molecule has 1 aliphatic carbocycles. The zero-order valence-corrected chi connectivity index (χ0v) is 14.4. The molecular weight excluding hydrogens is 337 g/mol. The van der Waals surface area contributed by atoms with E-state index in [1.54, 1.807) is 23.7 Å². The third-order valence-electron chi connectivity index (χ3n) is 5.72. The van der Waals surface area contributed by atoms with Crippen molar-refractivity contribution < 1.29 is 19.1 Å². The van der Waals surface area contributed by atoms with Crippen molar-refractivity contribution in [2.75, 3.05) is 6.54 Å². The van der Waals surface area contributed by atoms with Crippen LogP contribution in [0.2, 0.25) is 0 Å². The van der Waals surface area contributed by atoms with Crippen molar-refractivity contribution in [3.63, 3.8) is 0 Å². The normalized spacial score (nSPS) is 24.7. The van der Waals surface area contributed by atoms with Crippen molar-refractivity contribution in [3.05, 3.63) is 47.5 Å². The molecular formula is C19H20FN3O3. The lowest BCUT2D eigenvalue weighted by Crippen LogP contribution is -2.43. The van der Waals surface area contributed by atoms with Crippen LogP contribution >= 0.6 is 0 Å². The van der Waals surface area contributed by atoms with E-state index in [0.29, 0.717) is 23.5 Å². The third kappa shape index (κ3) is 2.58. The summed E-state index contributed by atoms with van der Waals surface area (Å²) in [5.74, 6) is -1.26. The lowest BCUT2D eigenvalue weighted by atomic mass is 9.94. The fourth-order valence-corrected chi connectivity index (χ4v) is 4.45. The van der Waals surface area contributed by atoms with Crippen LogP contribution in [0.3, 0.4) is 0 Å². The molecule has 1 aromatic carbocycles. The SMILES string of the molecule is Cc1c(C(=O)N2CC3CCCC3C2C(=O)O)cnn1-c1ccc(F)cc1. The Kier molecular flexibility index (Phi) is 4.01. The van der Waals surface area contributed by atoms with E-state index in [1.165, 1.54) is 23.2 Å². The number of carbonyl (C=O) groups is 2. The summed E-state index contributed by atoms with van der Waals surface area (Å²) < 4.78 is 14.7. The topological polar surface area (TPSA) is 75.4 Å². The highest BCUT2D eigenvalue weighted by molar-refractivity contribution is 5.98. The van der Waals surface area contributed by atoms with Gasteiger partial charge in [0.2, 0.25) is 0 Å². The van der Waals surface area contributed by atoms with Gasteiger partial charge in [0, 0.05) is 6.54 Å². The number of rotatable bonds is 3. The standard InChI is InChI=1S/C19H20FN3O3/c1-11-16(9-21-23(11)14-7-5-13(20)6-8-14)18(24)22-10-12-3-2-4-15(12)17(22)19(25)26/h5-9,12,15,17H,2-4,10H2,1H3,(H,25,26). The minimum atomic E-state index is -0.934. The molecule has 0 radical (unpaired) electrons. The molecule has 4 rings (SSSR count). The summed E-state index contributed by atoms with van der Waals surface area (Å²) in [6.45, 7) is 2.25. The highest BCUT2D eigenvalue weighted by Crippen LogP contribution is 2.42. The summed E-state index contributed by atoms with van der Waals surface area (Å²) in [5, 5.41) is 13.9. The lowest BCUT2D eigenvalue weighted by molar-refractivity contribution is -0.142. The van der Waals surface area contributed by atoms with Gasteiger partial charge in [-0.15, -0.1) is 0 Å². The maximum atomic E-state index is 13.1.